The zero-order valence-corrected chi connectivity index (χ0v) is 18.9. The van der Waals surface area contributed by atoms with Gasteiger partial charge < -0.3 is 26.3 Å². The molecule has 8 nitrogen and oxygen atoms in total. The predicted molar refractivity (Wildman–Crippen MR) is 133 cm³/mol. The minimum absolute atomic E-state index is 0.0134. The smallest absolute Gasteiger partial charge is 0.258 e. The van der Waals surface area contributed by atoms with E-state index in [1.165, 1.54) is 0 Å². The normalized spacial score (nSPS) is 11.5. The van der Waals surface area contributed by atoms with Gasteiger partial charge in [-0.1, -0.05) is 41.4 Å². The summed E-state index contributed by atoms with van der Waals surface area (Å²) in [4.78, 5) is 24.6. The number of para-hydroxylation sites is 1. The number of aryl methyl sites for hydroxylation is 2. The van der Waals surface area contributed by atoms with E-state index in [2.05, 4.69) is 20.3 Å². The fourth-order valence-corrected chi connectivity index (χ4v) is 4.10. The topological polar surface area (TPSA) is 127 Å². The van der Waals surface area contributed by atoms with Crippen molar-refractivity contribution in [2.45, 2.75) is 6.92 Å². The summed E-state index contributed by atoms with van der Waals surface area (Å²) >= 11 is 12.6. The minimum Gasteiger partial charge on any atom is -0.370 e. The van der Waals surface area contributed by atoms with Crippen LogP contribution in [0.5, 0.6) is 0 Å². The van der Waals surface area contributed by atoms with Crippen LogP contribution in [0.2, 0.25) is 10.0 Å². The van der Waals surface area contributed by atoms with E-state index in [1.54, 1.807) is 30.4 Å². The lowest BCUT2D eigenvalue weighted by molar-refractivity contribution is 0.960. The number of imidazole rings is 1. The van der Waals surface area contributed by atoms with Crippen LogP contribution in [0.15, 0.2) is 46.2 Å². The molecule has 0 amide bonds. The maximum Gasteiger partial charge on any atom is 0.258 e. The van der Waals surface area contributed by atoms with Gasteiger partial charge in [-0.2, -0.15) is 0 Å². The van der Waals surface area contributed by atoms with Gasteiger partial charge in [-0.15, -0.1) is 0 Å². The van der Waals surface area contributed by atoms with Crippen molar-refractivity contribution in [2.75, 3.05) is 11.9 Å². The van der Waals surface area contributed by atoms with Crippen molar-refractivity contribution in [3.63, 3.8) is 0 Å². The molecule has 2 heterocycles. The number of hydrogen-bond acceptors (Lipinski definition) is 4. The van der Waals surface area contributed by atoms with E-state index in [4.69, 9.17) is 34.7 Å². The van der Waals surface area contributed by atoms with Crippen LogP contribution >= 0.6 is 23.2 Å². The second-order valence-corrected chi connectivity index (χ2v) is 8.05. The molecular weight excluding hydrogens is 449 g/mol. The van der Waals surface area contributed by atoms with Crippen molar-refractivity contribution in [1.29, 1.82) is 0 Å². The second kappa shape index (κ2) is 8.57. The Labute approximate surface area is 193 Å². The van der Waals surface area contributed by atoms with Crippen molar-refractivity contribution in [3.05, 3.63) is 68.1 Å². The Morgan fingerprint density at radius 3 is 2.66 bits per heavy atom. The maximum absolute atomic E-state index is 13.1. The highest BCUT2D eigenvalue weighted by molar-refractivity contribution is 6.39. The van der Waals surface area contributed by atoms with Crippen LogP contribution in [0.4, 0.5) is 11.6 Å². The lowest BCUT2D eigenvalue weighted by Crippen LogP contribution is -2.22. The highest BCUT2D eigenvalue weighted by Crippen LogP contribution is 2.34. The van der Waals surface area contributed by atoms with E-state index in [9.17, 15) is 4.79 Å². The van der Waals surface area contributed by atoms with Gasteiger partial charge in [0.05, 0.1) is 38.7 Å². The summed E-state index contributed by atoms with van der Waals surface area (Å²) in [6, 6.07) is 9.03. The van der Waals surface area contributed by atoms with Crippen LogP contribution in [0.25, 0.3) is 27.9 Å². The fourth-order valence-electron chi connectivity index (χ4n) is 3.61. The molecule has 0 fully saturated rings. The fraction of sp³-hybridized carbons (Fsp3) is 0.136. The van der Waals surface area contributed by atoms with Crippen LogP contribution in [0, 0.1) is 6.92 Å². The average molecular weight is 470 g/mol. The molecule has 0 spiro atoms. The Hall–Kier alpha value is -3.49. The number of nitrogens with two attached hydrogens (primary N) is 2. The van der Waals surface area contributed by atoms with Gasteiger partial charge in [-0.25, -0.2) is 9.98 Å². The van der Waals surface area contributed by atoms with Crippen LogP contribution in [-0.4, -0.2) is 27.0 Å². The molecular formula is C22H21Cl2N7O. The lowest BCUT2D eigenvalue weighted by Gasteiger charge is -2.11. The monoisotopic (exact) mass is 469 g/mol. The van der Waals surface area contributed by atoms with Crippen molar-refractivity contribution in [2.24, 2.45) is 23.5 Å². The molecule has 164 valence electrons. The first kappa shape index (κ1) is 21.7. The molecule has 0 bridgehead atoms. The first-order valence-corrected chi connectivity index (χ1v) is 10.5. The molecule has 0 aliphatic carbocycles. The summed E-state index contributed by atoms with van der Waals surface area (Å²) in [5.74, 6) is 0.528. The Morgan fingerprint density at radius 2 is 1.97 bits per heavy atom. The molecule has 32 heavy (non-hydrogen) atoms. The average Bonchev–Trinajstić information content (AvgIpc) is 3.06. The lowest BCUT2D eigenvalue weighted by atomic mass is 10.0. The van der Waals surface area contributed by atoms with Crippen LogP contribution in [-0.2, 0) is 7.05 Å². The summed E-state index contributed by atoms with van der Waals surface area (Å²) in [5, 5.41) is 5.51. The third-order valence-electron chi connectivity index (χ3n) is 5.18. The second-order valence-electron chi connectivity index (χ2n) is 7.23. The quantitative estimate of drug-likeness (QED) is 0.258. The summed E-state index contributed by atoms with van der Waals surface area (Å²) in [7, 11) is 1.83. The molecule has 0 atom stereocenters. The van der Waals surface area contributed by atoms with Gasteiger partial charge >= 0.3 is 0 Å². The SMILES string of the molecule is Cc1c(/C=C/CN=C(N)N)[nH]c(=O)c2c1ccc1nc(Nc3c(Cl)cccc3Cl)n(C)c12. The van der Waals surface area contributed by atoms with Gasteiger partial charge in [0.15, 0.2) is 5.96 Å². The number of fused-ring (bicyclic) bond motifs is 3. The molecule has 0 saturated heterocycles. The third-order valence-corrected chi connectivity index (χ3v) is 5.81. The number of guanidine groups is 1. The van der Waals surface area contributed by atoms with E-state index in [0.29, 0.717) is 50.3 Å². The number of hydrogen-bond donors (Lipinski definition) is 4. The number of nitrogens with zero attached hydrogens (tertiary/aromatic N) is 3. The maximum atomic E-state index is 13.1. The summed E-state index contributed by atoms with van der Waals surface area (Å²) in [5.41, 5.74) is 14.0. The predicted octanol–water partition coefficient (Wildman–Crippen LogP) is 4.06. The van der Waals surface area contributed by atoms with E-state index in [-0.39, 0.29) is 11.5 Å². The molecule has 0 radical (unpaired) electrons. The van der Waals surface area contributed by atoms with Crippen molar-refractivity contribution >= 4 is 68.7 Å². The molecule has 4 rings (SSSR count). The number of pyridine rings is 1. The van der Waals surface area contributed by atoms with Crippen molar-refractivity contribution in [3.8, 4) is 0 Å². The number of H-pyrrole nitrogens is 1. The molecule has 2 aromatic carbocycles. The Kier molecular flexibility index (Phi) is 5.82. The molecule has 10 heteroatoms. The molecule has 6 N–H and O–H groups in total. The summed E-state index contributed by atoms with van der Waals surface area (Å²) in [6.45, 7) is 2.27. The molecule has 2 aromatic heterocycles. The van der Waals surface area contributed by atoms with Gasteiger partial charge in [0.1, 0.15) is 0 Å². The largest absolute Gasteiger partial charge is 0.370 e. The molecule has 4 aromatic rings. The van der Waals surface area contributed by atoms with Crippen molar-refractivity contribution in [1.82, 2.24) is 14.5 Å². The van der Waals surface area contributed by atoms with Gasteiger partial charge in [-0.05, 0) is 42.1 Å². The van der Waals surface area contributed by atoms with Gasteiger partial charge in [0, 0.05) is 12.7 Å². The van der Waals surface area contributed by atoms with E-state index in [1.807, 2.05) is 30.7 Å². The summed E-state index contributed by atoms with van der Waals surface area (Å²) in [6.07, 6.45) is 3.57. The Balaban J connectivity index is 1.84. The van der Waals surface area contributed by atoms with Crippen LogP contribution in [0.1, 0.15) is 11.3 Å². The van der Waals surface area contributed by atoms with Gasteiger partial charge in [0.25, 0.3) is 5.56 Å². The number of nitrogens with one attached hydrogen (secondary N) is 2. The standard InChI is InChI=1S/C22H21Cl2N7O/c1-11-12-8-9-16-19(17(12)20(32)28-15(11)7-4-10-27-21(25)26)31(2)22(29-16)30-18-13(23)5-3-6-14(18)24/h3-9H,10H2,1-2H3,(H,28,32)(H,29,30)(H4,25,26,27)/b7-4+. The van der Waals surface area contributed by atoms with Crippen LogP contribution < -0.4 is 22.3 Å². The number of aromatic amines is 1. The molecule has 0 unspecified atom stereocenters. The van der Waals surface area contributed by atoms with E-state index >= 15 is 0 Å². The van der Waals surface area contributed by atoms with Gasteiger partial charge in [0.2, 0.25) is 5.95 Å². The number of aromatic nitrogens is 3. The zero-order chi connectivity index (χ0) is 23.0. The van der Waals surface area contributed by atoms with Crippen molar-refractivity contribution < 1.29 is 0 Å². The zero-order valence-electron chi connectivity index (χ0n) is 17.4. The Morgan fingerprint density at radius 1 is 1.25 bits per heavy atom. The number of rotatable bonds is 5. The minimum atomic E-state index is -0.219. The van der Waals surface area contributed by atoms with Crippen LogP contribution in [0.3, 0.4) is 0 Å². The number of halogens is 2. The van der Waals surface area contributed by atoms with E-state index in [0.717, 1.165) is 10.9 Å². The number of aliphatic imine (C=N–C) groups is 1. The van der Waals surface area contributed by atoms with E-state index < -0.39 is 0 Å². The third kappa shape index (κ3) is 3.90. The number of anilines is 2. The summed E-state index contributed by atoms with van der Waals surface area (Å²) < 4.78 is 1.82. The first-order valence-electron chi connectivity index (χ1n) is 9.73. The molecule has 0 aliphatic rings. The van der Waals surface area contributed by atoms with Gasteiger partial charge in [-0.3, -0.25) is 4.79 Å². The highest BCUT2D eigenvalue weighted by Gasteiger charge is 2.17. The first-order chi connectivity index (χ1) is 15.3. The highest BCUT2D eigenvalue weighted by atomic mass is 35.5. The molecule has 0 aliphatic heterocycles. The Bertz CT molecular complexity index is 1440. The molecule has 0 saturated carbocycles. The number of benzene rings is 2.